The van der Waals surface area contributed by atoms with Crippen molar-refractivity contribution in [3.8, 4) is 0 Å². The summed E-state index contributed by atoms with van der Waals surface area (Å²) in [7, 11) is 0. The fraction of sp³-hybridized carbons (Fsp3) is 0.692. The van der Waals surface area contributed by atoms with Crippen LogP contribution in [0, 0.1) is 39.4 Å². The van der Waals surface area contributed by atoms with Crippen molar-refractivity contribution in [3.05, 3.63) is 70.8 Å². The molecule has 226 valence electrons. The van der Waals surface area contributed by atoms with Crippen molar-refractivity contribution in [3.63, 3.8) is 0 Å². The maximum Gasteiger partial charge on any atom is 0.0283 e. The van der Waals surface area contributed by atoms with Gasteiger partial charge in [0.25, 0.3) is 0 Å². The molecule has 0 saturated heterocycles. The van der Waals surface area contributed by atoms with Crippen LogP contribution in [0.25, 0.3) is 0 Å². The molecule has 2 unspecified atom stereocenters. The molecule has 0 aliphatic carbocycles. The van der Waals surface area contributed by atoms with E-state index in [1.54, 1.807) is 0 Å². The molecule has 2 aromatic rings. The molecular weight excluding hydrogens is 548 g/mol. The average Bonchev–Trinajstić information content (AvgIpc) is 2.85. The van der Waals surface area contributed by atoms with E-state index in [0.29, 0.717) is 11.8 Å². The zero-order valence-corrected chi connectivity index (χ0v) is 30.6. The van der Waals surface area contributed by atoms with Crippen LogP contribution in [0.15, 0.2) is 48.5 Å². The van der Waals surface area contributed by atoms with Gasteiger partial charge in [0.15, 0.2) is 0 Å². The Morgan fingerprint density at radius 1 is 0.575 bits per heavy atom. The predicted octanol–water partition coefficient (Wildman–Crippen LogP) is 13.1. The monoisotopic (exact) mass is 610 g/mol. The second kappa shape index (κ2) is 12.3. The Morgan fingerprint density at radius 3 is 1.40 bits per heavy atom. The highest BCUT2D eigenvalue weighted by molar-refractivity contribution is 9.08. The van der Waals surface area contributed by atoms with Crippen molar-refractivity contribution in [2.45, 2.75) is 140 Å². The lowest BCUT2D eigenvalue weighted by molar-refractivity contribution is -0.0598. The molecule has 0 aromatic heterocycles. The van der Waals surface area contributed by atoms with Crippen molar-refractivity contribution in [1.82, 2.24) is 0 Å². The normalized spacial score (nSPS) is 15.7. The summed E-state index contributed by atoms with van der Waals surface area (Å²) < 4.78 is 0. The number of aryl methyl sites for hydroxylation is 1. The van der Waals surface area contributed by atoms with Crippen molar-refractivity contribution in [2.75, 3.05) is 0 Å². The molecule has 40 heavy (non-hydrogen) atoms. The Morgan fingerprint density at radius 2 is 1.00 bits per heavy atom. The van der Waals surface area contributed by atoms with Crippen LogP contribution in [0.2, 0.25) is 0 Å². The van der Waals surface area contributed by atoms with Gasteiger partial charge in [-0.2, -0.15) is 0 Å². The SMILES string of the molecule is CCC(C)(C)C(C)(C)C(C)(C)C(CC(C)(C)C(C)(C)C(CC(C)(C)C)c1ccc(C)cc1)c1ccc(CBr)cc1. The Labute approximate surface area is 258 Å². The van der Waals surface area contributed by atoms with E-state index in [1.165, 1.54) is 35.1 Å². The second-order valence-electron chi connectivity index (χ2n) is 17.0. The van der Waals surface area contributed by atoms with Crippen LogP contribution in [0.1, 0.15) is 150 Å². The first-order valence-electron chi connectivity index (χ1n) is 15.8. The van der Waals surface area contributed by atoms with E-state index in [-0.39, 0.29) is 32.5 Å². The van der Waals surface area contributed by atoms with Crippen molar-refractivity contribution in [1.29, 1.82) is 0 Å². The Bertz CT molecular complexity index is 1070. The number of hydrogen-bond acceptors (Lipinski definition) is 0. The van der Waals surface area contributed by atoms with Gasteiger partial charge in [0.1, 0.15) is 0 Å². The molecule has 0 spiro atoms. The van der Waals surface area contributed by atoms with Gasteiger partial charge in [0.2, 0.25) is 0 Å². The molecule has 0 N–H and O–H groups in total. The molecule has 2 aromatic carbocycles. The third-order valence-corrected chi connectivity index (χ3v) is 12.9. The fourth-order valence-electron chi connectivity index (χ4n) is 6.82. The Balaban J connectivity index is 2.70. The van der Waals surface area contributed by atoms with Crippen molar-refractivity contribution >= 4 is 15.9 Å². The molecular formula is C39H63Br. The van der Waals surface area contributed by atoms with Crippen LogP contribution in [-0.4, -0.2) is 0 Å². The van der Waals surface area contributed by atoms with Crippen molar-refractivity contribution < 1.29 is 0 Å². The number of benzene rings is 2. The summed E-state index contributed by atoms with van der Waals surface area (Å²) in [4.78, 5) is 0. The van der Waals surface area contributed by atoms with Crippen LogP contribution >= 0.6 is 15.9 Å². The van der Waals surface area contributed by atoms with Gasteiger partial charge in [0.05, 0.1) is 0 Å². The summed E-state index contributed by atoms with van der Waals surface area (Å²) in [5.74, 6) is 0.906. The molecule has 0 amide bonds. The van der Waals surface area contributed by atoms with Gasteiger partial charge in [-0.05, 0) is 80.8 Å². The van der Waals surface area contributed by atoms with E-state index in [1.807, 2.05) is 0 Å². The molecule has 0 aliphatic heterocycles. The van der Waals surface area contributed by atoms with Gasteiger partial charge in [-0.25, -0.2) is 0 Å². The van der Waals surface area contributed by atoms with E-state index in [9.17, 15) is 0 Å². The number of hydrogen-bond donors (Lipinski definition) is 0. The molecule has 0 bridgehead atoms. The topological polar surface area (TPSA) is 0 Å². The second-order valence-corrected chi connectivity index (χ2v) is 17.6. The molecule has 2 atom stereocenters. The van der Waals surface area contributed by atoms with E-state index in [0.717, 1.165) is 11.8 Å². The van der Waals surface area contributed by atoms with E-state index in [4.69, 9.17) is 0 Å². The third-order valence-electron chi connectivity index (χ3n) is 12.2. The summed E-state index contributed by atoms with van der Waals surface area (Å²) >= 11 is 3.67. The van der Waals surface area contributed by atoms with Gasteiger partial charge in [-0.15, -0.1) is 0 Å². The van der Waals surface area contributed by atoms with E-state index >= 15 is 0 Å². The lowest BCUT2D eigenvalue weighted by Crippen LogP contribution is -2.49. The number of halogens is 1. The molecule has 1 heteroatoms. The molecule has 0 fully saturated rings. The minimum atomic E-state index is 0.0825. The fourth-order valence-corrected chi connectivity index (χ4v) is 7.20. The predicted molar refractivity (Wildman–Crippen MR) is 184 cm³/mol. The molecule has 0 radical (unpaired) electrons. The van der Waals surface area contributed by atoms with E-state index in [2.05, 4.69) is 168 Å². The zero-order valence-electron chi connectivity index (χ0n) is 29.0. The lowest BCUT2D eigenvalue weighted by atomic mass is 9.46. The molecule has 0 saturated carbocycles. The average molecular weight is 612 g/mol. The van der Waals surface area contributed by atoms with Gasteiger partial charge in [-0.1, -0.05) is 173 Å². The number of alkyl halides is 1. The van der Waals surface area contributed by atoms with Crippen LogP contribution < -0.4 is 0 Å². The van der Waals surface area contributed by atoms with Gasteiger partial charge in [-0.3, -0.25) is 0 Å². The van der Waals surface area contributed by atoms with Crippen LogP contribution in [0.5, 0.6) is 0 Å². The molecule has 0 nitrogen and oxygen atoms in total. The summed E-state index contributed by atoms with van der Waals surface area (Å²) in [6.45, 7) is 37.2. The van der Waals surface area contributed by atoms with Gasteiger partial charge in [0, 0.05) is 5.33 Å². The first kappa shape index (κ1) is 35.1. The third kappa shape index (κ3) is 7.27. The first-order chi connectivity index (χ1) is 18.0. The van der Waals surface area contributed by atoms with Crippen LogP contribution in [0.3, 0.4) is 0 Å². The Kier molecular flexibility index (Phi) is 10.8. The molecule has 0 heterocycles. The summed E-state index contributed by atoms with van der Waals surface area (Å²) in [6, 6.07) is 18.9. The molecule has 0 aliphatic rings. The first-order valence-corrected chi connectivity index (χ1v) is 16.9. The van der Waals surface area contributed by atoms with Gasteiger partial charge < -0.3 is 0 Å². The van der Waals surface area contributed by atoms with Gasteiger partial charge >= 0.3 is 0 Å². The Hall–Kier alpha value is -1.08. The lowest BCUT2D eigenvalue weighted by Gasteiger charge is -2.58. The maximum absolute atomic E-state index is 3.67. The maximum atomic E-state index is 3.67. The summed E-state index contributed by atoms with van der Waals surface area (Å²) in [6.07, 6.45) is 3.50. The van der Waals surface area contributed by atoms with Crippen molar-refractivity contribution in [2.24, 2.45) is 32.5 Å². The quantitative estimate of drug-likeness (QED) is 0.209. The number of rotatable bonds is 12. The van der Waals surface area contributed by atoms with Crippen LogP contribution in [0.4, 0.5) is 0 Å². The summed E-state index contributed by atoms with van der Waals surface area (Å²) in [5.41, 5.74) is 6.53. The molecule has 2 rings (SSSR count). The standard InChI is InChI=1S/C39H63Br/c1-16-35(6,7)39(14,15)38(12,13)33(31-23-19-29(27-40)20-24-31)26-36(8,9)37(10,11)32(25-34(3,4)5)30-21-17-28(2)18-22-30/h17-24,32-33H,16,25-27H2,1-15H3. The zero-order chi connectivity index (χ0) is 30.9. The smallest absolute Gasteiger partial charge is 0.0283 e. The highest BCUT2D eigenvalue weighted by Gasteiger charge is 2.54. The van der Waals surface area contributed by atoms with E-state index < -0.39 is 0 Å². The highest BCUT2D eigenvalue weighted by atomic mass is 79.9. The van der Waals surface area contributed by atoms with Crippen LogP contribution in [-0.2, 0) is 5.33 Å². The minimum Gasteiger partial charge on any atom is -0.0876 e. The highest BCUT2D eigenvalue weighted by Crippen LogP contribution is 2.63. The summed E-state index contributed by atoms with van der Waals surface area (Å²) in [5, 5.41) is 0.902. The largest absolute Gasteiger partial charge is 0.0876 e. The minimum absolute atomic E-state index is 0.0825.